The molecule has 2 aliphatic heterocycles. The maximum absolute atomic E-state index is 13.5. The second-order valence-electron chi connectivity index (χ2n) is 8.91. The van der Waals surface area contributed by atoms with E-state index in [0.717, 1.165) is 36.6 Å². The number of amides is 2. The molecule has 1 saturated heterocycles. The Morgan fingerprint density at radius 3 is 2.51 bits per heavy atom. The van der Waals surface area contributed by atoms with Crippen LogP contribution in [-0.2, 0) is 17.9 Å². The van der Waals surface area contributed by atoms with Crippen LogP contribution in [0.2, 0.25) is 0 Å². The van der Waals surface area contributed by atoms with E-state index < -0.39 is 0 Å². The first-order valence-corrected chi connectivity index (χ1v) is 12.3. The van der Waals surface area contributed by atoms with Crippen LogP contribution in [-0.4, -0.2) is 59.1 Å². The van der Waals surface area contributed by atoms with Crippen molar-refractivity contribution in [3.05, 3.63) is 83.3 Å². The summed E-state index contributed by atoms with van der Waals surface area (Å²) in [5, 5.41) is 3.16. The number of nitrogens with one attached hydrogen (secondary N) is 1. The van der Waals surface area contributed by atoms with E-state index in [0.29, 0.717) is 44.1 Å². The van der Waals surface area contributed by atoms with Crippen molar-refractivity contribution in [1.82, 2.24) is 19.8 Å². The fourth-order valence-electron chi connectivity index (χ4n) is 4.88. The second kappa shape index (κ2) is 10.3. The largest absolute Gasteiger partial charge is 0.373 e. The molecule has 1 N–H and O–H groups in total. The summed E-state index contributed by atoms with van der Waals surface area (Å²) in [5.41, 5.74) is 2.92. The molecule has 8 heteroatoms. The van der Waals surface area contributed by atoms with Crippen LogP contribution in [0.4, 0.5) is 5.82 Å². The van der Waals surface area contributed by atoms with Gasteiger partial charge < -0.3 is 24.4 Å². The molecule has 2 amide bonds. The number of piperazine rings is 1. The molecule has 8 nitrogen and oxygen atoms in total. The number of nitrogens with zero attached hydrogens (tertiary/aromatic N) is 4. The molecule has 182 valence electrons. The summed E-state index contributed by atoms with van der Waals surface area (Å²) in [6.07, 6.45) is 2.56. The molecule has 0 bridgehead atoms. The number of carbonyl (C=O) groups excluding carboxylic acids is 2. The molecule has 0 saturated carbocycles. The SMILES string of the molecule is CC[C@@H](NC(=O)c1cc(C(=O)N2CCN(c3ccccn3)CC2)n2c1COCC2)c1ccccc1. The van der Waals surface area contributed by atoms with Gasteiger partial charge in [0.15, 0.2) is 0 Å². The van der Waals surface area contributed by atoms with Gasteiger partial charge in [-0.05, 0) is 30.2 Å². The van der Waals surface area contributed by atoms with Crippen molar-refractivity contribution in [2.75, 3.05) is 37.7 Å². The van der Waals surface area contributed by atoms with Crippen LogP contribution >= 0.6 is 0 Å². The second-order valence-corrected chi connectivity index (χ2v) is 8.91. The number of rotatable bonds is 6. The van der Waals surface area contributed by atoms with Crippen LogP contribution in [0.3, 0.4) is 0 Å². The summed E-state index contributed by atoms with van der Waals surface area (Å²) in [5.74, 6) is 0.719. The molecule has 2 aromatic heterocycles. The Morgan fingerprint density at radius 1 is 1.03 bits per heavy atom. The van der Waals surface area contributed by atoms with Crippen LogP contribution in [0.25, 0.3) is 0 Å². The fourth-order valence-corrected chi connectivity index (χ4v) is 4.88. The molecule has 1 fully saturated rings. The number of carbonyl (C=O) groups is 2. The number of benzene rings is 1. The van der Waals surface area contributed by atoms with E-state index in [1.54, 1.807) is 12.3 Å². The molecule has 0 radical (unpaired) electrons. The predicted molar refractivity (Wildman–Crippen MR) is 133 cm³/mol. The average Bonchev–Trinajstić information content (AvgIpc) is 3.32. The van der Waals surface area contributed by atoms with Gasteiger partial charge in [0, 0.05) is 38.9 Å². The maximum atomic E-state index is 13.5. The third kappa shape index (κ3) is 4.79. The molecule has 0 aliphatic carbocycles. The van der Waals surface area contributed by atoms with Crippen LogP contribution in [0.5, 0.6) is 0 Å². The van der Waals surface area contributed by atoms with Crippen LogP contribution in [0.15, 0.2) is 60.8 Å². The minimum Gasteiger partial charge on any atom is -0.373 e. The summed E-state index contributed by atoms with van der Waals surface area (Å²) < 4.78 is 7.63. The molecule has 1 aromatic carbocycles. The van der Waals surface area contributed by atoms with Crippen LogP contribution in [0.1, 0.15) is 51.5 Å². The van der Waals surface area contributed by atoms with E-state index >= 15 is 0 Å². The zero-order valence-corrected chi connectivity index (χ0v) is 20.0. The quantitative estimate of drug-likeness (QED) is 0.595. The first-order valence-electron chi connectivity index (χ1n) is 12.3. The van der Waals surface area contributed by atoms with E-state index in [4.69, 9.17) is 4.74 Å². The van der Waals surface area contributed by atoms with E-state index in [9.17, 15) is 9.59 Å². The van der Waals surface area contributed by atoms with Crippen molar-refractivity contribution < 1.29 is 14.3 Å². The van der Waals surface area contributed by atoms with E-state index in [-0.39, 0.29) is 17.9 Å². The highest BCUT2D eigenvalue weighted by Crippen LogP contribution is 2.25. The van der Waals surface area contributed by atoms with Gasteiger partial charge in [-0.2, -0.15) is 0 Å². The van der Waals surface area contributed by atoms with E-state index in [1.165, 1.54) is 0 Å². The lowest BCUT2D eigenvalue weighted by molar-refractivity contribution is 0.0683. The Bertz CT molecular complexity index is 1170. The predicted octanol–water partition coefficient (Wildman–Crippen LogP) is 3.26. The van der Waals surface area contributed by atoms with Gasteiger partial charge in [-0.15, -0.1) is 0 Å². The number of pyridine rings is 1. The Morgan fingerprint density at radius 2 is 1.80 bits per heavy atom. The minimum atomic E-state index is -0.172. The number of anilines is 1. The molecular formula is C27H31N5O3. The van der Waals surface area contributed by atoms with E-state index in [2.05, 4.69) is 22.1 Å². The zero-order chi connectivity index (χ0) is 24.2. The maximum Gasteiger partial charge on any atom is 0.270 e. The Hall–Kier alpha value is -3.65. The highest BCUT2D eigenvalue weighted by Gasteiger charge is 2.30. The first-order chi connectivity index (χ1) is 17.2. The third-order valence-electron chi connectivity index (χ3n) is 6.83. The van der Waals surface area contributed by atoms with Crippen LogP contribution in [0, 0.1) is 0 Å². The van der Waals surface area contributed by atoms with Crippen molar-refractivity contribution in [1.29, 1.82) is 0 Å². The zero-order valence-electron chi connectivity index (χ0n) is 20.0. The summed E-state index contributed by atoms with van der Waals surface area (Å²) in [6, 6.07) is 17.5. The molecule has 3 aromatic rings. The Kier molecular flexibility index (Phi) is 6.81. The Labute approximate surface area is 205 Å². The van der Waals surface area contributed by atoms with Gasteiger partial charge in [-0.3, -0.25) is 9.59 Å². The Balaban J connectivity index is 1.33. The summed E-state index contributed by atoms with van der Waals surface area (Å²) in [6.45, 7) is 6.14. The highest BCUT2D eigenvalue weighted by molar-refractivity contribution is 6.01. The molecule has 0 unspecified atom stereocenters. The summed E-state index contributed by atoms with van der Waals surface area (Å²) in [7, 11) is 0. The van der Waals surface area contributed by atoms with Crippen molar-refractivity contribution in [3.8, 4) is 0 Å². The molecular weight excluding hydrogens is 442 g/mol. The lowest BCUT2D eigenvalue weighted by Crippen LogP contribution is -2.49. The van der Waals surface area contributed by atoms with Gasteiger partial charge in [0.2, 0.25) is 0 Å². The normalized spacial score (nSPS) is 16.5. The number of ether oxygens (including phenoxy) is 1. The van der Waals surface area contributed by atoms with Gasteiger partial charge in [-0.1, -0.05) is 43.3 Å². The molecule has 4 heterocycles. The minimum absolute atomic E-state index is 0.0389. The smallest absolute Gasteiger partial charge is 0.270 e. The summed E-state index contributed by atoms with van der Waals surface area (Å²) in [4.78, 5) is 35.4. The molecule has 5 rings (SSSR count). The lowest BCUT2D eigenvalue weighted by Gasteiger charge is -2.35. The average molecular weight is 474 g/mol. The van der Waals surface area contributed by atoms with Gasteiger partial charge in [0.25, 0.3) is 11.8 Å². The van der Waals surface area contributed by atoms with Gasteiger partial charge in [-0.25, -0.2) is 4.98 Å². The van der Waals surface area contributed by atoms with Gasteiger partial charge in [0.05, 0.1) is 30.5 Å². The monoisotopic (exact) mass is 473 g/mol. The standard InChI is InChI=1S/C27H31N5O3/c1-2-22(20-8-4-3-5-9-20)29-26(33)21-18-23(32-16-17-35-19-24(21)32)27(34)31-14-12-30(13-15-31)25-10-6-7-11-28-25/h3-11,18,22H,2,12-17,19H2,1H3,(H,29,33)/t22-/m1/s1. The topological polar surface area (TPSA) is 79.7 Å². The van der Waals surface area contributed by atoms with E-state index in [1.807, 2.05) is 58.0 Å². The number of fused-ring (bicyclic) bond motifs is 1. The first kappa shape index (κ1) is 23.1. The fraction of sp³-hybridized carbons (Fsp3) is 0.370. The number of aromatic nitrogens is 2. The van der Waals surface area contributed by atoms with Crippen molar-refractivity contribution in [2.45, 2.75) is 32.5 Å². The third-order valence-corrected chi connectivity index (χ3v) is 6.83. The lowest BCUT2D eigenvalue weighted by atomic mass is 10.0. The number of hydrogen-bond acceptors (Lipinski definition) is 5. The van der Waals surface area contributed by atoms with Crippen molar-refractivity contribution in [3.63, 3.8) is 0 Å². The molecule has 1 atom stereocenters. The summed E-state index contributed by atoms with van der Waals surface area (Å²) >= 11 is 0. The molecule has 0 spiro atoms. The van der Waals surface area contributed by atoms with Crippen molar-refractivity contribution >= 4 is 17.6 Å². The molecule has 35 heavy (non-hydrogen) atoms. The highest BCUT2D eigenvalue weighted by atomic mass is 16.5. The molecule has 2 aliphatic rings. The van der Waals surface area contributed by atoms with Gasteiger partial charge in [0.1, 0.15) is 11.5 Å². The number of hydrogen-bond donors (Lipinski definition) is 1. The van der Waals surface area contributed by atoms with Crippen molar-refractivity contribution in [2.24, 2.45) is 0 Å². The van der Waals surface area contributed by atoms with Crippen LogP contribution < -0.4 is 10.2 Å². The van der Waals surface area contributed by atoms with Gasteiger partial charge >= 0.3 is 0 Å².